The van der Waals surface area contributed by atoms with E-state index < -0.39 is 0 Å². The molecule has 0 amide bonds. The van der Waals surface area contributed by atoms with E-state index in [1.54, 1.807) is 42.9 Å². The van der Waals surface area contributed by atoms with Crippen molar-refractivity contribution in [1.29, 1.82) is 0 Å². The van der Waals surface area contributed by atoms with Gasteiger partial charge in [0, 0.05) is 26.0 Å². The van der Waals surface area contributed by atoms with E-state index in [1.807, 2.05) is 18.0 Å². The van der Waals surface area contributed by atoms with Crippen molar-refractivity contribution in [2.75, 3.05) is 11.9 Å². The van der Waals surface area contributed by atoms with Crippen molar-refractivity contribution < 1.29 is 0 Å². The van der Waals surface area contributed by atoms with Gasteiger partial charge in [0.2, 0.25) is 0 Å². The van der Waals surface area contributed by atoms with Crippen LogP contribution in [0.25, 0.3) is 5.82 Å². The summed E-state index contributed by atoms with van der Waals surface area (Å²) in [4.78, 5) is 22.7. The zero-order valence-electron chi connectivity index (χ0n) is 12.7. The van der Waals surface area contributed by atoms with Gasteiger partial charge in [0.05, 0.1) is 11.9 Å². The first-order chi connectivity index (χ1) is 11.6. The summed E-state index contributed by atoms with van der Waals surface area (Å²) < 4.78 is 1.68. The Morgan fingerprint density at radius 3 is 2.71 bits per heavy atom. The lowest BCUT2D eigenvalue weighted by Crippen LogP contribution is -2.26. The maximum Gasteiger partial charge on any atom is 0.289 e. The van der Waals surface area contributed by atoms with Crippen LogP contribution < -0.4 is 10.5 Å². The van der Waals surface area contributed by atoms with Gasteiger partial charge in [-0.15, -0.1) is 0 Å². The van der Waals surface area contributed by atoms with Crippen LogP contribution >= 0.6 is 27.5 Å². The predicted octanol–water partition coefficient (Wildman–Crippen LogP) is 3.07. The highest BCUT2D eigenvalue weighted by atomic mass is 79.9. The smallest absolute Gasteiger partial charge is 0.289 e. The van der Waals surface area contributed by atoms with Crippen molar-refractivity contribution in [2.24, 2.45) is 0 Å². The molecule has 0 saturated carbocycles. The van der Waals surface area contributed by atoms with Crippen molar-refractivity contribution in [3.05, 3.63) is 74.5 Å². The van der Waals surface area contributed by atoms with Crippen molar-refractivity contribution in [3.8, 4) is 5.82 Å². The minimum absolute atomic E-state index is 0.271. The first kappa shape index (κ1) is 16.6. The van der Waals surface area contributed by atoms with Crippen molar-refractivity contribution in [1.82, 2.24) is 19.7 Å². The Balaban J connectivity index is 1.90. The number of halogens is 2. The van der Waals surface area contributed by atoms with Crippen molar-refractivity contribution >= 4 is 33.2 Å². The van der Waals surface area contributed by atoms with Crippen LogP contribution in [-0.2, 0) is 6.54 Å². The van der Waals surface area contributed by atoms with E-state index in [-0.39, 0.29) is 5.56 Å². The number of pyridine rings is 2. The van der Waals surface area contributed by atoms with Gasteiger partial charge < -0.3 is 4.90 Å². The average Bonchev–Trinajstić information content (AvgIpc) is 2.60. The molecule has 0 aliphatic heterocycles. The number of nitrogens with zero attached hydrogens (tertiary/aromatic N) is 5. The molecule has 0 fully saturated rings. The van der Waals surface area contributed by atoms with E-state index in [4.69, 9.17) is 11.6 Å². The van der Waals surface area contributed by atoms with Crippen LogP contribution in [0.3, 0.4) is 0 Å². The van der Waals surface area contributed by atoms with Crippen LogP contribution in [-0.4, -0.2) is 26.8 Å². The molecule has 0 aromatic carbocycles. The number of rotatable bonds is 4. The fourth-order valence-corrected chi connectivity index (χ4v) is 2.88. The molecule has 0 spiro atoms. The molecule has 3 aromatic heterocycles. The minimum atomic E-state index is -0.271. The Kier molecular flexibility index (Phi) is 4.92. The van der Waals surface area contributed by atoms with Gasteiger partial charge >= 0.3 is 0 Å². The molecule has 0 unspecified atom stereocenters. The second-order valence-corrected chi connectivity index (χ2v) is 6.27. The Morgan fingerprint density at radius 2 is 2.04 bits per heavy atom. The van der Waals surface area contributed by atoms with Gasteiger partial charge in [-0.1, -0.05) is 23.7 Å². The molecule has 8 heteroatoms. The molecule has 0 radical (unpaired) electrons. The molecule has 0 aliphatic carbocycles. The van der Waals surface area contributed by atoms with Gasteiger partial charge in [-0.2, -0.15) is 9.78 Å². The van der Waals surface area contributed by atoms with Gasteiger partial charge in [0.1, 0.15) is 9.63 Å². The largest absolute Gasteiger partial charge is 0.368 e. The Bertz CT molecular complexity index is 899. The van der Waals surface area contributed by atoms with Crippen LogP contribution in [0.15, 0.2) is 58.2 Å². The summed E-state index contributed by atoms with van der Waals surface area (Å²) in [7, 11) is 1.88. The third-order valence-corrected chi connectivity index (χ3v) is 4.36. The minimum Gasteiger partial charge on any atom is -0.368 e. The normalized spacial score (nSPS) is 10.6. The summed E-state index contributed by atoms with van der Waals surface area (Å²) in [6.45, 7) is 0.567. The molecule has 0 saturated heterocycles. The number of hydrogen-bond acceptors (Lipinski definition) is 5. The van der Waals surface area contributed by atoms with Crippen LogP contribution in [0.4, 0.5) is 5.69 Å². The SMILES string of the molecule is CN(Cc1ccc(Cl)nc1)c1cnn(-c2ccccn2)c(=O)c1Br. The summed E-state index contributed by atoms with van der Waals surface area (Å²) in [5, 5.41) is 4.67. The Morgan fingerprint density at radius 1 is 1.21 bits per heavy atom. The summed E-state index contributed by atoms with van der Waals surface area (Å²) in [5.41, 5.74) is 1.39. The third-order valence-electron chi connectivity index (χ3n) is 3.39. The van der Waals surface area contributed by atoms with Crippen LogP contribution in [0.2, 0.25) is 5.15 Å². The van der Waals surface area contributed by atoms with Crippen LogP contribution in [0.1, 0.15) is 5.56 Å². The quantitative estimate of drug-likeness (QED) is 0.623. The molecule has 0 aliphatic rings. The highest BCUT2D eigenvalue weighted by Crippen LogP contribution is 2.22. The molecule has 24 heavy (non-hydrogen) atoms. The molecule has 6 nitrogen and oxygen atoms in total. The number of hydrogen-bond donors (Lipinski definition) is 0. The first-order valence-electron chi connectivity index (χ1n) is 7.07. The molecular formula is C16H13BrClN5O. The van der Waals surface area contributed by atoms with E-state index in [9.17, 15) is 4.79 Å². The second kappa shape index (κ2) is 7.11. The molecule has 3 heterocycles. The topological polar surface area (TPSA) is 63.9 Å². The first-order valence-corrected chi connectivity index (χ1v) is 8.24. The number of anilines is 1. The van der Waals surface area contributed by atoms with Gasteiger partial charge in [0.25, 0.3) is 5.56 Å². The van der Waals surface area contributed by atoms with Crippen molar-refractivity contribution in [3.63, 3.8) is 0 Å². The fraction of sp³-hybridized carbons (Fsp3) is 0.125. The zero-order chi connectivity index (χ0) is 17.1. The van der Waals surface area contributed by atoms with Gasteiger partial charge in [-0.3, -0.25) is 4.79 Å². The Hall–Kier alpha value is -2.25. The Labute approximate surface area is 151 Å². The molecule has 3 aromatic rings. The fourth-order valence-electron chi connectivity index (χ4n) is 2.19. The van der Waals surface area contributed by atoms with Crippen molar-refractivity contribution in [2.45, 2.75) is 6.54 Å². The lowest BCUT2D eigenvalue weighted by molar-refractivity contribution is 0.766. The van der Waals surface area contributed by atoms with E-state index in [0.717, 1.165) is 5.56 Å². The van der Waals surface area contributed by atoms with E-state index in [1.165, 1.54) is 4.68 Å². The van der Waals surface area contributed by atoms with E-state index >= 15 is 0 Å². The lowest BCUT2D eigenvalue weighted by atomic mass is 10.2. The van der Waals surface area contributed by atoms with Gasteiger partial charge in [-0.25, -0.2) is 9.97 Å². The molecule has 0 N–H and O–H groups in total. The van der Waals surface area contributed by atoms with E-state index in [0.29, 0.717) is 27.7 Å². The summed E-state index contributed by atoms with van der Waals surface area (Å²) >= 11 is 9.17. The summed E-state index contributed by atoms with van der Waals surface area (Å²) in [6.07, 6.45) is 4.95. The van der Waals surface area contributed by atoms with Crippen LogP contribution in [0, 0.1) is 0 Å². The number of aromatic nitrogens is 4. The summed E-state index contributed by atoms with van der Waals surface area (Å²) in [5.74, 6) is 0.472. The highest BCUT2D eigenvalue weighted by Gasteiger charge is 2.14. The maximum atomic E-state index is 12.5. The van der Waals surface area contributed by atoms with Crippen LogP contribution in [0.5, 0.6) is 0 Å². The standard InChI is InChI=1S/C16H13BrClN5O/c1-22(10-11-5-6-13(18)20-8-11)12-9-21-23(16(24)15(12)17)14-4-2-3-7-19-14/h2-9H,10H2,1H3. The predicted molar refractivity (Wildman–Crippen MR) is 96.7 cm³/mol. The van der Waals surface area contributed by atoms with Gasteiger partial charge in [0.15, 0.2) is 5.82 Å². The maximum absolute atomic E-state index is 12.5. The lowest BCUT2D eigenvalue weighted by Gasteiger charge is -2.20. The molecule has 0 bridgehead atoms. The second-order valence-electron chi connectivity index (χ2n) is 5.09. The molecule has 122 valence electrons. The third kappa shape index (κ3) is 3.47. The highest BCUT2D eigenvalue weighted by molar-refractivity contribution is 9.10. The molecule has 0 atom stereocenters. The zero-order valence-corrected chi connectivity index (χ0v) is 15.1. The van der Waals surface area contributed by atoms with E-state index in [2.05, 4.69) is 31.0 Å². The summed E-state index contributed by atoms with van der Waals surface area (Å²) in [6, 6.07) is 8.94. The molecular weight excluding hydrogens is 394 g/mol. The molecule has 3 rings (SSSR count). The monoisotopic (exact) mass is 405 g/mol. The van der Waals surface area contributed by atoms with Gasteiger partial charge in [-0.05, 0) is 39.7 Å². The average molecular weight is 407 g/mol.